The fraction of sp³-hybridized carbons (Fsp3) is 0. The molecule has 2 heterocycles. The third kappa shape index (κ3) is 4.38. The molecule has 0 radical (unpaired) electrons. The van der Waals surface area contributed by atoms with Crippen LogP contribution in [0.25, 0.3) is 0 Å². The minimum absolute atomic E-state index is 0.128. The first-order valence-electron chi connectivity index (χ1n) is 7.32. The fourth-order valence-electron chi connectivity index (χ4n) is 1.89. The number of esters is 1. The van der Waals surface area contributed by atoms with Crippen LogP contribution in [-0.2, 0) is 0 Å². The van der Waals surface area contributed by atoms with Gasteiger partial charge in [0.1, 0.15) is 11.4 Å². The molecule has 1 N–H and O–H groups in total. The number of nitrogens with zero attached hydrogens (tertiary/aromatic N) is 2. The first-order valence-corrected chi connectivity index (χ1v) is 7.32. The van der Waals surface area contributed by atoms with Crippen LogP contribution in [0.15, 0.2) is 76.6 Å². The lowest BCUT2D eigenvalue weighted by atomic mass is 10.2. The number of hydrogen-bond acceptors (Lipinski definition) is 6. The standard InChI is InChI=1S/C18H13N3O4/c22-17(15-4-1-2-10-19-15)21-20-12-13-6-8-14(9-7-13)25-18(23)16-5-3-11-24-16/h1-12H,(H,21,22)/b20-12+. The summed E-state index contributed by atoms with van der Waals surface area (Å²) in [5.41, 5.74) is 3.38. The van der Waals surface area contributed by atoms with Gasteiger partial charge in [-0.2, -0.15) is 5.10 Å². The second kappa shape index (κ2) is 7.69. The maximum atomic E-state index is 11.8. The van der Waals surface area contributed by atoms with Gasteiger partial charge in [0.2, 0.25) is 5.76 Å². The average Bonchev–Trinajstić information content (AvgIpc) is 3.19. The summed E-state index contributed by atoms with van der Waals surface area (Å²) >= 11 is 0. The highest BCUT2D eigenvalue weighted by Crippen LogP contribution is 2.13. The summed E-state index contributed by atoms with van der Waals surface area (Å²) < 4.78 is 10.1. The number of carbonyl (C=O) groups is 2. The number of carbonyl (C=O) groups excluding carboxylic acids is 2. The largest absolute Gasteiger partial charge is 0.457 e. The molecule has 0 saturated carbocycles. The van der Waals surface area contributed by atoms with Crippen molar-refractivity contribution < 1.29 is 18.7 Å². The minimum Gasteiger partial charge on any atom is -0.457 e. The summed E-state index contributed by atoms with van der Waals surface area (Å²) in [5.74, 6) is -0.478. The van der Waals surface area contributed by atoms with Gasteiger partial charge < -0.3 is 9.15 Å². The van der Waals surface area contributed by atoms with Gasteiger partial charge in [0, 0.05) is 6.20 Å². The van der Waals surface area contributed by atoms with Crippen molar-refractivity contribution >= 4 is 18.1 Å². The van der Waals surface area contributed by atoms with Crippen LogP contribution < -0.4 is 10.2 Å². The highest BCUT2D eigenvalue weighted by molar-refractivity contribution is 5.93. The second-order valence-electron chi connectivity index (χ2n) is 4.85. The van der Waals surface area contributed by atoms with Crippen molar-refractivity contribution in [2.75, 3.05) is 0 Å². The van der Waals surface area contributed by atoms with Crippen LogP contribution in [0.5, 0.6) is 5.75 Å². The number of furan rings is 1. The molecule has 0 atom stereocenters. The van der Waals surface area contributed by atoms with Gasteiger partial charge in [-0.25, -0.2) is 10.2 Å². The molecule has 3 rings (SSSR count). The molecule has 0 aliphatic carbocycles. The van der Waals surface area contributed by atoms with E-state index in [0.29, 0.717) is 5.75 Å². The normalized spacial score (nSPS) is 10.6. The number of ether oxygens (including phenoxy) is 1. The number of pyridine rings is 1. The molecular weight excluding hydrogens is 322 g/mol. The van der Waals surface area contributed by atoms with E-state index in [4.69, 9.17) is 9.15 Å². The van der Waals surface area contributed by atoms with Gasteiger partial charge in [-0.1, -0.05) is 6.07 Å². The van der Waals surface area contributed by atoms with Crippen LogP contribution in [0.3, 0.4) is 0 Å². The maximum Gasteiger partial charge on any atom is 0.379 e. The number of aromatic nitrogens is 1. The van der Waals surface area contributed by atoms with E-state index in [-0.39, 0.29) is 11.5 Å². The fourth-order valence-corrected chi connectivity index (χ4v) is 1.89. The highest BCUT2D eigenvalue weighted by atomic mass is 16.5. The number of rotatable bonds is 5. The third-order valence-corrected chi connectivity index (χ3v) is 3.09. The Balaban J connectivity index is 1.55. The molecule has 1 amide bonds. The van der Waals surface area contributed by atoms with Crippen LogP contribution in [0.4, 0.5) is 0 Å². The third-order valence-electron chi connectivity index (χ3n) is 3.09. The smallest absolute Gasteiger partial charge is 0.379 e. The molecule has 3 aromatic rings. The zero-order valence-corrected chi connectivity index (χ0v) is 13.0. The molecule has 1 aromatic carbocycles. The second-order valence-corrected chi connectivity index (χ2v) is 4.85. The summed E-state index contributed by atoms with van der Waals surface area (Å²) in [7, 11) is 0. The van der Waals surface area contributed by atoms with Crippen LogP contribution in [0.2, 0.25) is 0 Å². The van der Waals surface area contributed by atoms with Gasteiger partial charge in [-0.3, -0.25) is 9.78 Å². The monoisotopic (exact) mass is 335 g/mol. The molecule has 0 saturated heterocycles. The van der Waals surface area contributed by atoms with Gasteiger partial charge in [0.15, 0.2) is 0 Å². The van der Waals surface area contributed by atoms with E-state index in [0.717, 1.165) is 5.56 Å². The quantitative estimate of drug-likeness (QED) is 0.335. The SMILES string of the molecule is O=C(N/N=C/c1ccc(OC(=O)c2ccco2)cc1)c1ccccn1. The van der Waals surface area contributed by atoms with Crippen LogP contribution in [-0.4, -0.2) is 23.1 Å². The molecule has 0 bridgehead atoms. The Labute approximate surface area is 143 Å². The molecule has 0 aliphatic rings. The van der Waals surface area contributed by atoms with Gasteiger partial charge in [-0.15, -0.1) is 0 Å². The zero-order chi connectivity index (χ0) is 17.5. The predicted molar refractivity (Wildman–Crippen MR) is 89.4 cm³/mol. The summed E-state index contributed by atoms with van der Waals surface area (Å²) in [6.07, 6.45) is 4.40. The number of hydrogen-bond donors (Lipinski definition) is 1. The Hall–Kier alpha value is -3.74. The molecule has 7 heteroatoms. The van der Waals surface area contributed by atoms with E-state index < -0.39 is 11.9 Å². The van der Waals surface area contributed by atoms with E-state index >= 15 is 0 Å². The number of amides is 1. The lowest BCUT2D eigenvalue weighted by Gasteiger charge is -2.02. The Bertz CT molecular complexity index is 872. The minimum atomic E-state index is -0.575. The topological polar surface area (TPSA) is 93.8 Å². The van der Waals surface area contributed by atoms with Crippen LogP contribution in [0, 0.1) is 0 Å². The van der Waals surface area contributed by atoms with Crippen molar-refractivity contribution in [2.24, 2.45) is 5.10 Å². The van der Waals surface area contributed by atoms with Crippen molar-refractivity contribution in [3.8, 4) is 5.75 Å². The molecule has 25 heavy (non-hydrogen) atoms. The van der Waals surface area contributed by atoms with Crippen molar-refractivity contribution in [3.63, 3.8) is 0 Å². The average molecular weight is 335 g/mol. The summed E-state index contributed by atoms with van der Waals surface area (Å²) in [4.78, 5) is 27.4. The molecule has 0 spiro atoms. The number of benzene rings is 1. The first-order chi connectivity index (χ1) is 12.2. The Morgan fingerprint density at radius 1 is 1.08 bits per heavy atom. The number of hydrazone groups is 1. The van der Waals surface area contributed by atoms with E-state index in [2.05, 4.69) is 15.5 Å². The van der Waals surface area contributed by atoms with E-state index in [1.165, 1.54) is 24.7 Å². The Kier molecular flexibility index (Phi) is 4.96. The summed E-state index contributed by atoms with van der Waals surface area (Å²) in [6, 6.07) is 14.8. The first kappa shape index (κ1) is 16.1. The maximum absolute atomic E-state index is 11.8. The Morgan fingerprint density at radius 2 is 1.92 bits per heavy atom. The van der Waals surface area contributed by atoms with E-state index in [1.54, 1.807) is 48.5 Å². The van der Waals surface area contributed by atoms with Crippen LogP contribution in [0.1, 0.15) is 26.6 Å². The lowest BCUT2D eigenvalue weighted by Crippen LogP contribution is -2.18. The summed E-state index contributed by atoms with van der Waals surface area (Å²) in [6.45, 7) is 0. The molecule has 0 fully saturated rings. The molecule has 2 aromatic heterocycles. The highest BCUT2D eigenvalue weighted by Gasteiger charge is 2.10. The van der Waals surface area contributed by atoms with Gasteiger partial charge in [0.25, 0.3) is 5.91 Å². The van der Waals surface area contributed by atoms with Crippen molar-refractivity contribution in [3.05, 3.63) is 84.1 Å². The molecular formula is C18H13N3O4. The summed E-state index contributed by atoms with van der Waals surface area (Å²) in [5, 5.41) is 3.86. The van der Waals surface area contributed by atoms with Crippen molar-refractivity contribution in [1.29, 1.82) is 0 Å². The molecule has 0 aliphatic heterocycles. The van der Waals surface area contributed by atoms with Crippen molar-refractivity contribution in [1.82, 2.24) is 10.4 Å². The van der Waals surface area contributed by atoms with E-state index in [9.17, 15) is 9.59 Å². The molecule has 7 nitrogen and oxygen atoms in total. The van der Waals surface area contributed by atoms with Gasteiger partial charge >= 0.3 is 5.97 Å². The molecule has 124 valence electrons. The van der Waals surface area contributed by atoms with Gasteiger partial charge in [0.05, 0.1) is 12.5 Å². The van der Waals surface area contributed by atoms with Crippen LogP contribution >= 0.6 is 0 Å². The lowest BCUT2D eigenvalue weighted by molar-refractivity contribution is 0.0701. The Morgan fingerprint density at radius 3 is 2.60 bits per heavy atom. The van der Waals surface area contributed by atoms with Crippen molar-refractivity contribution in [2.45, 2.75) is 0 Å². The zero-order valence-electron chi connectivity index (χ0n) is 13.0. The molecule has 0 unspecified atom stereocenters. The predicted octanol–water partition coefficient (Wildman–Crippen LogP) is 2.66. The number of nitrogens with one attached hydrogen (secondary N) is 1. The van der Waals surface area contributed by atoms with E-state index in [1.807, 2.05) is 0 Å². The van der Waals surface area contributed by atoms with Gasteiger partial charge in [-0.05, 0) is 54.1 Å².